The second-order valence-electron chi connectivity index (χ2n) is 3.75. The molecule has 0 saturated carbocycles. The summed E-state index contributed by atoms with van der Waals surface area (Å²) in [6.45, 7) is 3.39. The maximum Gasteiger partial charge on any atom is 0.395 e. The van der Waals surface area contributed by atoms with E-state index in [2.05, 4.69) is 0 Å². The van der Waals surface area contributed by atoms with Crippen LogP contribution in [0, 0.1) is 23.2 Å². The summed E-state index contributed by atoms with van der Waals surface area (Å²) in [5, 5.41) is 8.78. The third kappa shape index (κ3) is 2.25. The third-order valence-electron chi connectivity index (χ3n) is 2.87. The number of hydrogen-bond donors (Lipinski definition) is 0. The second-order valence-corrected chi connectivity index (χ2v) is 3.75. The Labute approximate surface area is 87.0 Å². The van der Waals surface area contributed by atoms with Crippen molar-refractivity contribution in [3.05, 3.63) is 0 Å². The fraction of sp³-hybridized carbons (Fsp3) is 0.900. The molecule has 0 radical (unpaired) electrons. The molecule has 0 N–H and O–H groups in total. The van der Waals surface area contributed by atoms with Crippen molar-refractivity contribution in [1.29, 1.82) is 5.26 Å². The molecule has 0 bridgehead atoms. The van der Waals surface area contributed by atoms with Gasteiger partial charge in [-0.15, -0.1) is 0 Å². The van der Waals surface area contributed by atoms with Crippen molar-refractivity contribution < 1.29 is 17.9 Å². The average Bonchev–Trinajstić information content (AvgIpc) is 2.54. The van der Waals surface area contributed by atoms with Gasteiger partial charge in [-0.25, -0.2) is 0 Å². The molecule has 0 spiro atoms. The maximum atomic E-state index is 12.7. The van der Waals surface area contributed by atoms with E-state index in [1.807, 2.05) is 0 Å². The molecule has 0 aliphatic carbocycles. The predicted octanol–water partition coefficient (Wildman–Crippen LogP) is 2.89. The molecule has 2 nitrogen and oxygen atoms in total. The van der Waals surface area contributed by atoms with Crippen LogP contribution in [0.3, 0.4) is 0 Å². The Morgan fingerprint density at radius 2 is 1.73 bits per heavy atom. The van der Waals surface area contributed by atoms with Gasteiger partial charge in [-0.3, -0.25) is 0 Å². The summed E-state index contributed by atoms with van der Waals surface area (Å²) in [6, 6.07) is 1.74. The van der Waals surface area contributed by atoms with Crippen LogP contribution < -0.4 is 0 Å². The van der Waals surface area contributed by atoms with Crippen molar-refractivity contribution in [3.8, 4) is 6.07 Å². The lowest BCUT2D eigenvalue weighted by Crippen LogP contribution is -2.34. The van der Waals surface area contributed by atoms with Gasteiger partial charge in [0.25, 0.3) is 0 Å². The van der Waals surface area contributed by atoms with Crippen LogP contribution in [0.2, 0.25) is 0 Å². The number of nitrogens with zero attached hydrogens (tertiary/aromatic N) is 1. The van der Waals surface area contributed by atoms with Crippen LogP contribution in [0.4, 0.5) is 13.2 Å². The zero-order valence-corrected chi connectivity index (χ0v) is 8.71. The number of alkyl halides is 3. The van der Waals surface area contributed by atoms with Crippen molar-refractivity contribution in [2.45, 2.75) is 45.1 Å². The van der Waals surface area contributed by atoms with Crippen molar-refractivity contribution in [1.82, 2.24) is 0 Å². The Balaban J connectivity index is 2.94. The highest BCUT2D eigenvalue weighted by molar-refractivity contribution is 5.03. The lowest BCUT2D eigenvalue weighted by atomic mass is 9.86. The van der Waals surface area contributed by atoms with E-state index >= 15 is 0 Å². The topological polar surface area (TPSA) is 33.0 Å². The van der Waals surface area contributed by atoms with Gasteiger partial charge in [0, 0.05) is 0 Å². The monoisotopic (exact) mass is 221 g/mol. The van der Waals surface area contributed by atoms with E-state index in [1.165, 1.54) is 0 Å². The van der Waals surface area contributed by atoms with E-state index in [4.69, 9.17) is 10.00 Å². The smallest absolute Gasteiger partial charge is 0.373 e. The number of nitriles is 1. The summed E-state index contributed by atoms with van der Waals surface area (Å²) in [5.41, 5.74) is 0. The molecule has 1 rings (SSSR count). The molecule has 1 fully saturated rings. The number of ether oxygens (including phenoxy) is 1. The molecule has 0 aromatic heterocycles. The molecule has 15 heavy (non-hydrogen) atoms. The zero-order chi connectivity index (χ0) is 11.6. The minimum Gasteiger partial charge on any atom is -0.373 e. The molecule has 0 aromatic carbocycles. The van der Waals surface area contributed by atoms with Crippen LogP contribution >= 0.6 is 0 Å². The van der Waals surface area contributed by atoms with Gasteiger partial charge in [-0.2, -0.15) is 18.4 Å². The standard InChI is InChI=1S/C10H14F3NO/c1-3-7-6(5-14)9(10(11,12)13)8(4-2)15-7/h6-9H,3-4H2,1-2H3. The van der Waals surface area contributed by atoms with E-state index in [0.29, 0.717) is 12.8 Å². The Kier molecular flexibility index (Phi) is 3.61. The first-order chi connectivity index (χ1) is 6.95. The van der Waals surface area contributed by atoms with E-state index < -0.39 is 30.2 Å². The van der Waals surface area contributed by atoms with Crippen LogP contribution in [-0.4, -0.2) is 18.4 Å². The predicted molar refractivity (Wildman–Crippen MR) is 47.9 cm³/mol. The van der Waals surface area contributed by atoms with Crippen LogP contribution in [0.5, 0.6) is 0 Å². The Hall–Kier alpha value is -0.760. The first-order valence-corrected chi connectivity index (χ1v) is 5.07. The van der Waals surface area contributed by atoms with Crippen LogP contribution in [0.15, 0.2) is 0 Å². The van der Waals surface area contributed by atoms with Gasteiger partial charge in [0.05, 0.1) is 30.1 Å². The molecular weight excluding hydrogens is 207 g/mol. The van der Waals surface area contributed by atoms with E-state index in [-0.39, 0.29) is 0 Å². The Morgan fingerprint density at radius 1 is 1.20 bits per heavy atom. The molecule has 1 aliphatic heterocycles. The van der Waals surface area contributed by atoms with E-state index in [1.54, 1.807) is 19.9 Å². The molecule has 5 heteroatoms. The van der Waals surface area contributed by atoms with Crippen molar-refractivity contribution in [3.63, 3.8) is 0 Å². The molecule has 4 unspecified atom stereocenters. The van der Waals surface area contributed by atoms with Crippen LogP contribution in [-0.2, 0) is 4.74 Å². The fourth-order valence-electron chi connectivity index (χ4n) is 2.13. The van der Waals surface area contributed by atoms with Gasteiger partial charge in [0.1, 0.15) is 0 Å². The van der Waals surface area contributed by atoms with Crippen molar-refractivity contribution in [2.75, 3.05) is 0 Å². The summed E-state index contributed by atoms with van der Waals surface area (Å²) in [7, 11) is 0. The summed E-state index contributed by atoms with van der Waals surface area (Å²) in [4.78, 5) is 0. The molecular formula is C10H14F3NO. The zero-order valence-electron chi connectivity index (χ0n) is 8.71. The average molecular weight is 221 g/mol. The SMILES string of the molecule is CCC1OC(CC)C(C(F)(F)F)C1C#N. The van der Waals surface area contributed by atoms with Gasteiger partial charge in [0.2, 0.25) is 0 Å². The summed E-state index contributed by atoms with van der Waals surface area (Å²) in [6.07, 6.45) is -5.04. The lowest BCUT2D eigenvalue weighted by Gasteiger charge is -2.21. The fourth-order valence-corrected chi connectivity index (χ4v) is 2.13. The van der Waals surface area contributed by atoms with Crippen LogP contribution in [0.25, 0.3) is 0 Å². The normalized spacial score (nSPS) is 36.5. The highest BCUT2D eigenvalue weighted by atomic mass is 19.4. The van der Waals surface area contributed by atoms with Crippen molar-refractivity contribution in [2.24, 2.45) is 11.8 Å². The lowest BCUT2D eigenvalue weighted by molar-refractivity contribution is -0.191. The van der Waals surface area contributed by atoms with Gasteiger partial charge in [-0.05, 0) is 12.8 Å². The summed E-state index contributed by atoms with van der Waals surface area (Å²) < 4.78 is 43.4. The van der Waals surface area contributed by atoms with Crippen molar-refractivity contribution >= 4 is 0 Å². The first-order valence-electron chi connectivity index (χ1n) is 5.07. The highest BCUT2D eigenvalue weighted by Crippen LogP contribution is 2.45. The second kappa shape index (κ2) is 4.40. The minimum atomic E-state index is -4.34. The molecule has 0 amide bonds. The molecule has 1 heterocycles. The number of halogens is 3. The number of rotatable bonds is 2. The van der Waals surface area contributed by atoms with Gasteiger partial charge < -0.3 is 4.74 Å². The van der Waals surface area contributed by atoms with Crippen LogP contribution in [0.1, 0.15) is 26.7 Å². The first kappa shape index (κ1) is 12.3. The quantitative estimate of drug-likeness (QED) is 0.718. The molecule has 1 saturated heterocycles. The number of hydrogen-bond acceptors (Lipinski definition) is 2. The Bertz CT molecular complexity index is 258. The molecule has 1 aliphatic rings. The molecule has 0 aromatic rings. The summed E-state index contributed by atoms with van der Waals surface area (Å²) >= 11 is 0. The largest absolute Gasteiger partial charge is 0.395 e. The molecule has 86 valence electrons. The van der Waals surface area contributed by atoms with Gasteiger partial charge in [-0.1, -0.05) is 13.8 Å². The van der Waals surface area contributed by atoms with Gasteiger partial charge >= 0.3 is 6.18 Å². The third-order valence-corrected chi connectivity index (χ3v) is 2.87. The highest BCUT2D eigenvalue weighted by Gasteiger charge is 2.56. The van der Waals surface area contributed by atoms with Gasteiger partial charge in [0.15, 0.2) is 0 Å². The van der Waals surface area contributed by atoms with E-state index in [0.717, 1.165) is 0 Å². The maximum absolute atomic E-state index is 12.7. The Morgan fingerprint density at radius 3 is 2.07 bits per heavy atom. The molecule has 4 atom stereocenters. The minimum absolute atomic E-state index is 0.291. The summed E-state index contributed by atoms with van der Waals surface area (Å²) in [5.74, 6) is -2.68. The van der Waals surface area contributed by atoms with E-state index in [9.17, 15) is 13.2 Å².